The molecule has 7 heterocycles. The second-order valence-corrected chi connectivity index (χ2v) is 17.3. The number of anilines is 1. The number of aromatic amines is 1. The summed E-state index contributed by atoms with van der Waals surface area (Å²) in [5.41, 5.74) is 5.77. The van der Waals surface area contributed by atoms with Crippen molar-refractivity contribution in [2.75, 3.05) is 18.9 Å². The first-order valence-corrected chi connectivity index (χ1v) is 19.3. The monoisotopic (exact) mass is 707 g/mol. The van der Waals surface area contributed by atoms with Crippen molar-refractivity contribution >= 4 is 83.7 Å². The Morgan fingerprint density at radius 1 is 1.14 bits per heavy atom. The van der Waals surface area contributed by atoms with Crippen molar-refractivity contribution in [1.82, 2.24) is 24.1 Å². The molecule has 3 aromatic rings. The molecular weight excluding hydrogens is 683 g/mol. The standard InChI is InChI=1S/C22H24FN7O9P2S3/c23-14-16-13(37-20(14)29-4-2-10-11(31)1-3-25-17(10)29)7-36-40(33,42)38-12-5-9(6-35-41(34,43)39-16)44-21(12)30-8-26-15-18(30)27-22(24)28-19(15)32/h2-4,8-9,12-14,16,20-21H,1,5-7H2,(H,33,42)(H,34,43)(H3,24,27,28,32)/t9-,12+,13+,14-,16+,20+,21+,40?,41?/m0/s1. The van der Waals surface area contributed by atoms with Crippen molar-refractivity contribution < 1.29 is 41.8 Å². The first-order valence-electron chi connectivity index (χ1n) is 13.1. The molecule has 4 aliphatic rings. The summed E-state index contributed by atoms with van der Waals surface area (Å²) in [6.07, 6.45) is -2.11. The highest BCUT2D eigenvalue weighted by molar-refractivity contribution is 8.07. The number of nitrogen functional groups attached to an aromatic ring is 1. The van der Waals surface area contributed by atoms with E-state index in [1.54, 1.807) is 4.57 Å². The van der Waals surface area contributed by atoms with Crippen LogP contribution in [0.5, 0.6) is 0 Å². The van der Waals surface area contributed by atoms with E-state index in [-0.39, 0.29) is 53.4 Å². The fourth-order valence-corrected chi connectivity index (χ4v) is 10.1. The Morgan fingerprint density at radius 2 is 1.91 bits per heavy atom. The van der Waals surface area contributed by atoms with E-state index in [0.29, 0.717) is 5.56 Å². The molecule has 22 heteroatoms. The minimum absolute atomic E-state index is 0.0466. The average molecular weight is 708 g/mol. The van der Waals surface area contributed by atoms with Gasteiger partial charge in [0.05, 0.1) is 31.2 Å². The molecule has 3 fully saturated rings. The quantitative estimate of drug-likeness (QED) is 0.281. The number of imidazole rings is 1. The maximum atomic E-state index is 16.0. The molecule has 236 valence electrons. The topological polar surface area (TPSA) is 211 Å². The summed E-state index contributed by atoms with van der Waals surface area (Å²) in [4.78, 5) is 61.7. The number of rotatable bonds is 2. The van der Waals surface area contributed by atoms with Crippen molar-refractivity contribution in [2.24, 2.45) is 4.99 Å². The molecule has 0 aliphatic carbocycles. The van der Waals surface area contributed by atoms with Gasteiger partial charge in [0.2, 0.25) is 5.95 Å². The van der Waals surface area contributed by atoms with Gasteiger partial charge in [-0.15, -0.1) is 11.8 Å². The maximum absolute atomic E-state index is 16.0. The number of H-pyrrole nitrogens is 1. The van der Waals surface area contributed by atoms with Gasteiger partial charge < -0.3 is 38.4 Å². The number of Topliss-reactive ketones (excluding diaryl/α,β-unsaturated/α-hetero) is 1. The molecule has 0 radical (unpaired) electrons. The molecule has 3 aromatic heterocycles. The van der Waals surface area contributed by atoms with Gasteiger partial charge in [-0.05, 0) is 36.1 Å². The van der Waals surface area contributed by atoms with Crippen LogP contribution in [0.1, 0.15) is 34.8 Å². The highest BCUT2D eigenvalue weighted by Crippen LogP contribution is 2.57. The Kier molecular flexibility index (Phi) is 7.95. The number of carbonyl (C=O) groups is 1. The Morgan fingerprint density at radius 3 is 2.73 bits per heavy atom. The predicted molar refractivity (Wildman–Crippen MR) is 163 cm³/mol. The van der Waals surface area contributed by atoms with Crippen LogP contribution in [0.4, 0.5) is 16.2 Å². The Bertz CT molecular complexity index is 1840. The first kappa shape index (κ1) is 30.7. The van der Waals surface area contributed by atoms with Crippen molar-refractivity contribution in [1.29, 1.82) is 0 Å². The molecule has 5 N–H and O–H groups in total. The number of alkyl halides is 1. The summed E-state index contributed by atoms with van der Waals surface area (Å²) in [6.45, 7) is -8.69. The van der Waals surface area contributed by atoms with Crippen LogP contribution in [0.15, 0.2) is 28.4 Å². The minimum Gasteiger partial charge on any atom is -0.369 e. The zero-order valence-electron chi connectivity index (χ0n) is 22.2. The van der Waals surface area contributed by atoms with Crippen molar-refractivity contribution in [3.05, 3.63) is 34.5 Å². The van der Waals surface area contributed by atoms with E-state index in [4.69, 9.17) is 52.2 Å². The van der Waals surface area contributed by atoms with E-state index < -0.39 is 61.7 Å². The lowest BCUT2D eigenvalue weighted by atomic mass is 10.1. The predicted octanol–water partition coefficient (Wildman–Crippen LogP) is 1.98. The summed E-state index contributed by atoms with van der Waals surface area (Å²) < 4.78 is 47.8. The van der Waals surface area contributed by atoms with Crippen molar-refractivity contribution in [3.8, 4) is 0 Å². The van der Waals surface area contributed by atoms with Crippen LogP contribution in [-0.2, 0) is 46.4 Å². The average Bonchev–Trinajstić information content (AvgIpc) is 3.72. The summed E-state index contributed by atoms with van der Waals surface area (Å²) in [5, 5.41) is -1.01. The van der Waals surface area contributed by atoms with Gasteiger partial charge in [0.1, 0.15) is 23.4 Å². The van der Waals surface area contributed by atoms with E-state index in [1.807, 2.05) is 0 Å². The van der Waals surface area contributed by atoms with Crippen LogP contribution in [0.3, 0.4) is 0 Å². The van der Waals surface area contributed by atoms with E-state index >= 15 is 4.39 Å². The molecule has 0 spiro atoms. The molecule has 44 heavy (non-hydrogen) atoms. The number of ketones is 1. The second-order valence-electron chi connectivity index (χ2n) is 10.3. The third-order valence-corrected chi connectivity index (χ3v) is 12.1. The number of hydrogen-bond acceptors (Lipinski definition) is 14. The van der Waals surface area contributed by atoms with Gasteiger partial charge in [-0.25, -0.2) is 14.4 Å². The zero-order valence-corrected chi connectivity index (χ0v) is 26.5. The smallest absolute Gasteiger partial charge is 0.325 e. The third-order valence-electron chi connectivity index (χ3n) is 7.44. The molecule has 0 aromatic carbocycles. The lowest BCUT2D eigenvalue weighted by Gasteiger charge is -2.27. The van der Waals surface area contributed by atoms with Crippen molar-refractivity contribution in [2.45, 2.75) is 54.2 Å². The van der Waals surface area contributed by atoms with E-state index in [9.17, 15) is 19.4 Å². The minimum atomic E-state index is -4.05. The number of hydrogen-bond donors (Lipinski definition) is 4. The SMILES string of the molecule is Nc1nc2c(ncn2[C@@H]2S[C@@H]3COP(O)(=S)O[C@H]4[C@H](F)[C@H](n5ccc6c5N=CCC6=O)O[C@@H]4COP(O)(=S)O[C@@H]2C3)c(=O)[nH]1. The second kappa shape index (κ2) is 11.4. The fraction of sp³-hybridized carbons (Fsp3) is 0.500. The highest BCUT2D eigenvalue weighted by atomic mass is 32.5. The number of fused-ring (bicyclic) bond motifs is 5. The van der Waals surface area contributed by atoms with Crippen LogP contribution in [0.25, 0.3) is 11.2 Å². The molecule has 9 atom stereocenters. The molecule has 4 aliphatic heterocycles. The normalized spacial score (nSPS) is 37.7. The van der Waals surface area contributed by atoms with Crippen LogP contribution in [0.2, 0.25) is 0 Å². The number of carbonyl (C=O) groups excluding carboxylic acids is 1. The molecule has 0 amide bonds. The lowest BCUT2D eigenvalue weighted by molar-refractivity contribution is -0.0439. The van der Waals surface area contributed by atoms with Crippen LogP contribution in [0, 0.1) is 0 Å². The molecular formula is C22H24FN7O9P2S3. The van der Waals surface area contributed by atoms with E-state index in [2.05, 4.69) is 19.9 Å². The van der Waals surface area contributed by atoms with Crippen LogP contribution < -0.4 is 11.3 Å². The number of aromatic nitrogens is 5. The summed E-state index contributed by atoms with van der Waals surface area (Å²) in [7, 11) is 0. The number of nitrogens with one attached hydrogen (secondary N) is 1. The summed E-state index contributed by atoms with van der Waals surface area (Å²) in [6, 6.07) is 1.52. The number of halogens is 1. The largest absolute Gasteiger partial charge is 0.369 e. The Balaban J connectivity index is 1.18. The maximum Gasteiger partial charge on any atom is 0.325 e. The van der Waals surface area contributed by atoms with Gasteiger partial charge in [-0.1, -0.05) is 0 Å². The number of aliphatic imine (C=N–C) groups is 1. The summed E-state index contributed by atoms with van der Waals surface area (Å²) >= 11 is 11.9. The van der Waals surface area contributed by atoms with Gasteiger partial charge >= 0.3 is 13.4 Å². The zero-order chi connectivity index (χ0) is 31.0. The summed E-state index contributed by atoms with van der Waals surface area (Å²) in [5.74, 6) is -0.0825. The van der Waals surface area contributed by atoms with Crippen molar-refractivity contribution in [3.63, 3.8) is 0 Å². The highest BCUT2D eigenvalue weighted by Gasteiger charge is 2.51. The first-order chi connectivity index (χ1) is 20.9. The van der Waals surface area contributed by atoms with Gasteiger partial charge in [-0.3, -0.25) is 23.7 Å². The molecule has 2 bridgehead atoms. The van der Waals surface area contributed by atoms with Gasteiger partial charge in [0.25, 0.3) is 5.56 Å². The molecule has 2 unspecified atom stereocenters. The van der Waals surface area contributed by atoms with Gasteiger partial charge in [-0.2, -0.15) is 4.98 Å². The number of nitrogens with two attached hydrogens (primary N) is 1. The van der Waals surface area contributed by atoms with E-state index in [1.165, 1.54) is 41.1 Å². The number of ether oxygens (including phenoxy) is 1. The Labute approximate surface area is 261 Å². The molecule has 3 saturated heterocycles. The Hall–Kier alpha value is -1.93. The van der Waals surface area contributed by atoms with Crippen LogP contribution in [-0.4, -0.2) is 88.8 Å². The molecule has 0 saturated carbocycles. The number of thioether (sulfide) groups is 1. The van der Waals surface area contributed by atoms with E-state index in [0.717, 1.165) is 0 Å². The molecule has 16 nitrogen and oxygen atoms in total. The fourth-order valence-electron chi connectivity index (χ4n) is 5.52. The molecule has 7 rings (SSSR count). The van der Waals surface area contributed by atoms with Gasteiger partial charge in [0.15, 0.2) is 29.3 Å². The lowest BCUT2D eigenvalue weighted by Crippen LogP contribution is -2.34. The van der Waals surface area contributed by atoms with Crippen LogP contribution >= 0.6 is 25.2 Å². The third kappa shape index (κ3) is 5.65. The number of nitrogens with zero attached hydrogens (tertiary/aromatic N) is 5. The van der Waals surface area contributed by atoms with Gasteiger partial charge in [0, 0.05) is 24.1 Å².